The zero-order valence-corrected chi connectivity index (χ0v) is 11.8. The van der Waals surface area contributed by atoms with Gasteiger partial charge in [0, 0.05) is 11.9 Å². The number of anilines is 1. The van der Waals surface area contributed by atoms with Gasteiger partial charge in [0.2, 0.25) is 0 Å². The van der Waals surface area contributed by atoms with Crippen molar-refractivity contribution < 1.29 is 4.39 Å². The fourth-order valence-electron chi connectivity index (χ4n) is 2.29. The van der Waals surface area contributed by atoms with Crippen LogP contribution in [-0.4, -0.2) is 16.7 Å². The Morgan fingerprint density at radius 2 is 1.82 bits per heavy atom. The van der Waals surface area contributed by atoms with Gasteiger partial charge in [0.15, 0.2) is 5.69 Å². The van der Waals surface area contributed by atoms with Crippen LogP contribution in [-0.2, 0) is 6.42 Å². The van der Waals surface area contributed by atoms with E-state index >= 15 is 0 Å². The number of aromatic nitrogens is 2. The number of rotatable bonds is 4. The van der Waals surface area contributed by atoms with Crippen LogP contribution in [0.5, 0.6) is 0 Å². The highest BCUT2D eigenvalue weighted by Crippen LogP contribution is 2.23. The van der Waals surface area contributed by atoms with Crippen molar-refractivity contribution in [3.63, 3.8) is 0 Å². The van der Waals surface area contributed by atoms with Gasteiger partial charge in [-0.2, -0.15) is 5.26 Å². The van der Waals surface area contributed by atoms with Gasteiger partial charge in [-0.1, -0.05) is 30.3 Å². The van der Waals surface area contributed by atoms with Crippen LogP contribution >= 0.6 is 0 Å². The number of nitrogens with zero attached hydrogens (tertiary/aromatic N) is 3. The molecule has 0 saturated heterocycles. The standard InChI is InChI=1S/C17H13FN4/c18-13-7-5-12(6-8-13)9-10-20-17-14-3-1-2-4-15(14)21-22-16(17)11-19/h1-8H,9-10H2,(H,20,21). The summed E-state index contributed by atoms with van der Waals surface area (Å²) in [6.45, 7) is 0.621. The number of hydrogen-bond acceptors (Lipinski definition) is 4. The Morgan fingerprint density at radius 1 is 1.05 bits per heavy atom. The molecule has 2 aromatic carbocycles. The molecule has 22 heavy (non-hydrogen) atoms. The van der Waals surface area contributed by atoms with Gasteiger partial charge in [-0.25, -0.2) is 4.39 Å². The second-order valence-electron chi connectivity index (χ2n) is 4.86. The molecular formula is C17H13FN4. The molecule has 0 aliphatic rings. The molecule has 1 N–H and O–H groups in total. The van der Waals surface area contributed by atoms with Gasteiger partial charge >= 0.3 is 0 Å². The minimum Gasteiger partial charge on any atom is -0.382 e. The Balaban J connectivity index is 1.81. The lowest BCUT2D eigenvalue weighted by Crippen LogP contribution is -2.08. The molecule has 0 saturated carbocycles. The lowest BCUT2D eigenvalue weighted by atomic mass is 10.1. The fourth-order valence-corrected chi connectivity index (χ4v) is 2.29. The van der Waals surface area contributed by atoms with Crippen molar-refractivity contribution in [3.05, 3.63) is 65.6 Å². The first kappa shape index (κ1) is 14.0. The Bertz CT molecular complexity index is 837. The molecule has 4 nitrogen and oxygen atoms in total. The normalized spacial score (nSPS) is 10.4. The van der Waals surface area contributed by atoms with Crippen molar-refractivity contribution >= 4 is 16.6 Å². The van der Waals surface area contributed by atoms with Crippen LogP contribution in [0.4, 0.5) is 10.1 Å². The van der Waals surface area contributed by atoms with E-state index in [4.69, 9.17) is 0 Å². The number of nitriles is 1. The van der Waals surface area contributed by atoms with Crippen LogP contribution in [0.25, 0.3) is 10.9 Å². The first-order valence-corrected chi connectivity index (χ1v) is 6.92. The number of halogens is 1. The van der Waals surface area contributed by atoms with E-state index < -0.39 is 0 Å². The second-order valence-corrected chi connectivity index (χ2v) is 4.86. The van der Waals surface area contributed by atoms with Crippen LogP contribution < -0.4 is 5.32 Å². The zero-order valence-electron chi connectivity index (χ0n) is 11.8. The molecule has 5 heteroatoms. The minimum absolute atomic E-state index is 0.243. The van der Waals surface area contributed by atoms with Crippen LogP contribution in [0.3, 0.4) is 0 Å². The molecule has 0 aliphatic heterocycles. The maximum atomic E-state index is 12.9. The number of fused-ring (bicyclic) bond motifs is 1. The van der Waals surface area contributed by atoms with Crippen molar-refractivity contribution in [1.29, 1.82) is 5.26 Å². The van der Waals surface area contributed by atoms with E-state index in [2.05, 4.69) is 21.6 Å². The molecule has 0 unspecified atom stereocenters. The monoisotopic (exact) mass is 292 g/mol. The van der Waals surface area contributed by atoms with Crippen molar-refractivity contribution in [1.82, 2.24) is 10.2 Å². The van der Waals surface area contributed by atoms with Crippen LogP contribution in [0.2, 0.25) is 0 Å². The van der Waals surface area contributed by atoms with E-state index in [1.165, 1.54) is 12.1 Å². The van der Waals surface area contributed by atoms with Gasteiger partial charge in [-0.3, -0.25) is 0 Å². The zero-order chi connectivity index (χ0) is 15.4. The molecule has 3 rings (SSSR count). The summed E-state index contributed by atoms with van der Waals surface area (Å²) in [6, 6.07) is 16.0. The van der Waals surface area contributed by atoms with E-state index in [0.717, 1.165) is 22.9 Å². The predicted molar refractivity (Wildman–Crippen MR) is 82.8 cm³/mol. The summed E-state index contributed by atoms with van der Waals surface area (Å²) in [5, 5.41) is 21.3. The van der Waals surface area contributed by atoms with Crippen molar-refractivity contribution in [2.24, 2.45) is 0 Å². The van der Waals surface area contributed by atoms with Gasteiger partial charge in [-0.05, 0) is 30.2 Å². The van der Waals surface area contributed by atoms with E-state index in [-0.39, 0.29) is 11.5 Å². The highest BCUT2D eigenvalue weighted by atomic mass is 19.1. The Labute approximate surface area is 127 Å². The fraction of sp³-hybridized carbons (Fsp3) is 0.118. The highest BCUT2D eigenvalue weighted by Gasteiger charge is 2.09. The summed E-state index contributed by atoms with van der Waals surface area (Å²) in [5.74, 6) is -0.243. The quantitative estimate of drug-likeness (QED) is 0.801. The van der Waals surface area contributed by atoms with Gasteiger partial charge in [0.1, 0.15) is 11.9 Å². The minimum atomic E-state index is -0.243. The molecule has 0 radical (unpaired) electrons. The Hall–Kier alpha value is -3.00. The number of hydrogen-bond donors (Lipinski definition) is 1. The first-order valence-electron chi connectivity index (χ1n) is 6.92. The highest BCUT2D eigenvalue weighted by molar-refractivity contribution is 5.92. The summed E-state index contributed by atoms with van der Waals surface area (Å²) in [5.41, 5.74) is 2.73. The van der Waals surface area contributed by atoms with Gasteiger partial charge in [-0.15, -0.1) is 10.2 Å². The van der Waals surface area contributed by atoms with Gasteiger partial charge < -0.3 is 5.32 Å². The van der Waals surface area contributed by atoms with Crippen LogP contribution in [0, 0.1) is 17.1 Å². The van der Waals surface area contributed by atoms with Crippen LogP contribution in [0.15, 0.2) is 48.5 Å². The molecule has 0 amide bonds. The van der Waals surface area contributed by atoms with Crippen molar-refractivity contribution in [3.8, 4) is 6.07 Å². The summed E-state index contributed by atoms with van der Waals surface area (Å²) in [6.07, 6.45) is 0.724. The lowest BCUT2D eigenvalue weighted by Gasteiger charge is -2.10. The molecule has 108 valence electrons. The molecule has 1 aromatic heterocycles. The van der Waals surface area contributed by atoms with E-state index in [1.54, 1.807) is 12.1 Å². The van der Waals surface area contributed by atoms with E-state index in [0.29, 0.717) is 12.2 Å². The average molecular weight is 292 g/mol. The molecule has 0 fully saturated rings. The Morgan fingerprint density at radius 3 is 2.59 bits per heavy atom. The number of benzene rings is 2. The molecule has 0 atom stereocenters. The summed E-state index contributed by atoms with van der Waals surface area (Å²) in [4.78, 5) is 0. The van der Waals surface area contributed by atoms with Gasteiger partial charge in [0.25, 0.3) is 0 Å². The molecule has 1 heterocycles. The van der Waals surface area contributed by atoms with E-state index in [9.17, 15) is 9.65 Å². The predicted octanol–water partition coefficient (Wildman–Crippen LogP) is 3.30. The molecular weight excluding hydrogens is 279 g/mol. The van der Waals surface area contributed by atoms with Crippen molar-refractivity contribution in [2.45, 2.75) is 6.42 Å². The molecule has 3 aromatic rings. The number of nitrogens with one attached hydrogen (secondary N) is 1. The van der Waals surface area contributed by atoms with Gasteiger partial charge in [0.05, 0.1) is 11.2 Å². The largest absolute Gasteiger partial charge is 0.382 e. The third-order valence-corrected chi connectivity index (χ3v) is 3.40. The third-order valence-electron chi connectivity index (χ3n) is 3.40. The maximum absolute atomic E-state index is 12.9. The summed E-state index contributed by atoms with van der Waals surface area (Å²) >= 11 is 0. The smallest absolute Gasteiger partial charge is 0.186 e. The lowest BCUT2D eigenvalue weighted by molar-refractivity contribution is 0.627. The second kappa shape index (κ2) is 6.19. The van der Waals surface area contributed by atoms with E-state index in [1.807, 2.05) is 24.3 Å². The average Bonchev–Trinajstić information content (AvgIpc) is 2.56. The Kier molecular flexibility index (Phi) is 3.92. The molecule has 0 aliphatic carbocycles. The topological polar surface area (TPSA) is 61.6 Å². The molecule has 0 bridgehead atoms. The summed E-state index contributed by atoms with van der Waals surface area (Å²) < 4.78 is 12.9. The SMILES string of the molecule is N#Cc1nnc2ccccc2c1NCCc1ccc(F)cc1. The summed E-state index contributed by atoms with van der Waals surface area (Å²) in [7, 11) is 0. The molecule has 0 spiro atoms. The van der Waals surface area contributed by atoms with Crippen molar-refractivity contribution in [2.75, 3.05) is 11.9 Å². The maximum Gasteiger partial charge on any atom is 0.186 e. The first-order chi connectivity index (χ1) is 10.8. The van der Waals surface area contributed by atoms with Crippen LogP contribution in [0.1, 0.15) is 11.3 Å². The third kappa shape index (κ3) is 2.86.